The lowest BCUT2D eigenvalue weighted by molar-refractivity contribution is -0.141. The summed E-state index contributed by atoms with van der Waals surface area (Å²) in [5.74, 6) is -0.496. The van der Waals surface area contributed by atoms with Gasteiger partial charge in [0.15, 0.2) is 0 Å². The highest BCUT2D eigenvalue weighted by atomic mass is 19.4. The molecule has 1 rings (SSSR count). The lowest BCUT2D eigenvalue weighted by Crippen LogP contribution is -2.07. The summed E-state index contributed by atoms with van der Waals surface area (Å²) in [5.41, 5.74) is -1.09. The van der Waals surface area contributed by atoms with Gasteiger partial charge in [0.05, 0.1) is 6.20 Å². The first-order valence-electron chi connectivity index (χ1n) is 2.82. The van der Waals surface area contributed by atoms with Gasteiger partial charge in [-0.05, 0) is 0 Å². The van der Waals surface area contributed by atoms with Gasteiger partial charge in [0, 0.05) is 6.07 Å². The molecule has 1 heterocycles. The lowest BCUT2D eigenvalue weighted by atomic mass is 10.4. The molecule has 0 aliphatic rings. The van der Waals surface area contributed by atoms with Crippen molar-refractivity contribution in [3.05, 3.63) is 29.4 Å². The maximum Gasteiger partial charge on any atom is 0.447 e. The van der Waals surface area contributed by atoms with Gasteiger partial charge in [0.25, 0.3) is 0 Å². The maximum atomic E-state index is 11.9. The lowest BCUT2D eigenvalue weighted by Gasteiger charge is -2.00. The molecule has 0 aromatic carbocycles. The summed E-state index contributed by atoms with van der Waals surface area (Å²) in [6, 6.07) is 0.717. The molecule has 0 bridgehead atoms. The van der Waals surface area contributed by atoms with E-state index in [2.05, 4.69) is 14.8 Å². The summed E-state index contributed by atoms with van der Waals surface area (Å²) in [5, 5.41) is 0. The SMILES string of the molecule is [C-]#[N+]c1nccc(C(F)(F)F)n1. The highest BCUT2D eigenvalue weighted by Gasteiger charge is 2.35. The highest BCUT2D eigenvalue weighted by molar-refractivity contribution is 5.26. The summed E-state index contributed by atoms with van der Waals surface area (Å²) in [6.45, 7) is 6.38. The van der Waals surface area contributed by atoms with Gasteiger partial charge in [-0.3, -0.25) is 0 Å². The average Bonchev–Trinajstić information content (AvgIpc) is 2.03. The van der Waals surface area contributed by atoms with Crippen LogP contribution in [0.4, 0.5) is 19.1 Å². The van der Waals surface area contributed by atoms with E-state index in [4.69, 9.17) is 6.57 Å². The van der Waals surface area contributed by atoms with Crippen LogP contribution < -0.4 is 0 Å². The van der Waals surface area contributed by atoms with Crippen molar-refractivity contribution in [2.24, 2.45) is 0 Å². The molecule has 1 aromatic heterocycles. The maximum absolute atomic E-state index is 11.9. The Balaban J connectivity index is 3.13. The third-order valence-corrected chi connectivity index (χ3v) is 1.03. The molecule has 0 aliphatic carbocycles. The minimum absolute atomic E-state index is 0.496. The van der Waals surface area contributed by atoms with Crippen LogP contribution in [0.25, 0.3) is 4.85 Å². The van der Waals surface area contributed by atoms with Crippen LogP contribution in [-0.4, -0.2) is 9.97 Å². The van der Waals surface area contributed by atoms with Crippen LogP contribution in [0.15, 0.2) is 12.3 Å². The molecule has 1 aromatic rings. The Hall–Kier alpha value is -1.64. The Morgan fingerprint density at radius 1 is 1.42 bits per heavy atom. The van der Waals surface area contributed by atoms with E-state index >= 15 is 0 Å². The second-order valence-corrected chi connectivity index (χ2v) is 1.85. The Morgan fingerprint density at radius 2 is 2.08 bits per heavy atom. The molecule has 0 spiro atoms. The van der Waals surface area contributed by atoms with Crippen molar-refractivity contribution in [1.29, 1.82) is 0 Å². The number of halogens is 3. The Labute approximate surface area is 65.7 Å². The van der Waals surface area contributed by atoms with Gasteiger partial charge < -0.3 is 4.85 Å². The molecule has 0 fully saturated rings. The molecular weight excluding hydrogens is 171 g/mol. The Bertz CT molecular complexity index is 326. The Morgan fingerprint density at radius 3 is 2.58 bits per heavy atom. The second-order valence-electron chi connectivity index (χ2n) is 1.85. The number of hydrogen-bond donors (Lipinski definition) is 0. The molecule has 12 heavy (non-hydrogen) atoms. The van der Waals surface area contributed by atoms with Crippen molar-refractivity contribution in [3.63, 3.8) is 0 Å². The predicted octanol–water partition coefficient (Wildman–Crippen LogP) is 2.05. The van der Waals surface area contributed by atoms with E-state index < -0.39 is 17.8 Å². The average molecular weight is 173 g/mol. The topological polar surface area (TPSA) is 30.1 Å². The van der Waals surface area contributed by atoms with Gasteiger partial charge in [0.1, 0.15) is 0 Å². The third-order valence-electron chi connectivity index (χ3n) is 1.03. The molecule has 0 saturated heterocycles. The summed E-state index contributed by atoms with van der Waals surface area (Å²) in [7, 11) is 0. The van der Waals surface area contributed by atoms with Crippen LogP contribution in [0.5, 0.6) is 0 Å². The van der Waals surface area contributed by atoms with Gasteiger partial charge in [-0.15, -0.1) is 11.6 Å². The van der Waals surface area contributed by atoms with Crippen LogP contribution in [0.3, 0.4) is 0 Å². The minimum atomic E-state index is -4.51. The molecule has 3 nitrogen and oxygen atoms in total. The zero-order chi connectivity index (χ0) is 9.19. The van der Waals surface area contributed by atoms with E-state index in [0.29, 0.717) is 6.07 Å². The molecule has 0 aliphatic heterocycles. The molecule has 0 atom stereocenters. The standard InChI is InChI=1S/C6H2F3N3/c1-10-5-11-3-2-4(12-5)6(7,8)9/h2-3H. The fourth-order valence-corrected chi connectivity index (χ4v) is 0.560. The zero-order valence-electron chi connectivity index (χ0n) is 5.63. The third kappa shape index (κ3) is 1.69. The van der Waals surface area contributed by atoms with Gasteiger partial charge in [-0.25, -0.2) is 0 Å². The molecular formula is C6H2F3N3. The number of nitrogens with zero attached hydrogens (tertiary/aromatic N) is 3. The molecule has 6 heteroatoms. The van der Waals surface area contributed by atoms with E-state index in [1.807, 2.05) is 0 Å². The fourth-order valence-electron chi connectivity index (χ4n) is 0.560. The van der Waals surface area contributed by atoms with Crippen LogP contribution in [0, 0.1) is 6.57 Å². The van der Waals surface area contributed by atoms with E-state index in [-0.39, 0.29) is 0 Å². The van der Waals surface area contributed by atoms with Crippen molar-refractivity contribution in [3.8, 4) is 0 Å². The van der Waals surface area contributed by atoms with Gasteiger partial charge in [0.2, 0.25) is 5.69 Å². The van der Waals surface area contributed by atoms with Crippen LogP contribution in [0.2, 0.25) is 0 Å². The molecule has 0 radical (unpaired) electrons. The van der Waals surface area contributed by atoms with Crippen LogP contribution in [-0.2, 0) is 6.18 Å². The van der Waals surface area contributed by atoms with Crippen molar-refractivity contribution in [2.75, 3.05) is 0 Å². The number of rotatable bonds is 0. The summed E-state index contributed by atoms with van der Waals surface area (Å²) >= 11 is 0. The predicted molar refractivity (Wildman–Crippen MR) is 33.3 cm³/mol. The number of alkyl halides is 3. The zero-order valence-corrected chi connectivity index (χ0v) is 5.63. The van der Waals surface area contributed by atoms with Crippen molar-refractivity contribution in [1.82, 2.24) is 9.97 Å². The first-order chi connectivity index (χ1) is 5.54. The van der Waals surface area contributed by atoms with Crippen molar-refractivity contribution in [2.45, 2.75) is 6.18 Å². The Kier molecular flexibility index (Phi) is 1.95. The van der Waals surface area contributed by atoms with E-state index in [9.17, 15) is 13.2 Å². The van der Waals surface area contributed by atoms with E-state index in [1.54, 1.807) is 0 Å². The number of hydrogen-bond acceptors (Lipinski definition) is 2. The quantitative estimate of drug-likeness (QED) is 0.562. The second kappa shape index (κ2) is 2.77. The summed E-state index contributed by atoms with van der Waals surface area (Å²) in [4.78, 5) is 8.95. The molecule has 0 saturated carbocycles. The van der Waals surface area contributed by atoms with Gasteiger partial charge >= 0.3 is 12.1 Å². The monoisotopic (exact) mass is 173 g/mol. The molecule has 62 valence electrons. The number of aromatic nitrogens is 2. The first kappa shape index (κ1) is 8.46. The van der Waals surface area contributed by atoms with E-state index in [1.165, 1.54) is 0 Å². The van der Waals surface area contributed by atoms with E-state index in [0.717, 1.165) is 6.20 Å². The van der Waals surface area contributed by atoms with Crippen LogP contribution >= 0.6 is 0 Å². The normalized spacial score (nSPS) is 10.8. The van der Waals surface area contributed by atoms with Crippen LogP contribution in [0.1, 0.15) is 5.69 Å². The van der Waals surface area contributed by atoms with Crippen molar-refractivity contribution < 1.29 is 13.2 Å². The minimum Gasteiger partial charge on any atom is -0.394 e. The van der Waals surface area contributed by atoms with Crippen molar-refractivity contribution >= 4 is 5.95 Å². The smallest absolute Gasteiger partial charge is 0.394 e. The molecule has 0 amide bonds. The largest absolute Gasteiger partial charge is 0.447 e. The highest BCUT2D eigenvalue weighted by Crippen LogP contribution is 2.27. The fraction of sp³-hybridized carbons (Fsp3) is 0.167. The summed E-state index contributed by atoms with van der Waals surface area (Å²) in [6.07, 6.45) is -3.61. The first-order valence-corrected chi connectivity index (χ1v) is 2.82. The molecule has 0 N–H and O–H groups in total. The molecule has 0 unspecified atom stereocenters. The van der Waals surface area contributed by atoms with Gasteiger partial charge in [-0.1, -0.05) is 0 Å². The van der Waals surface area contributed by atoms with Gasteiger partial charge in [-0.2, -0.15) is 18.2 Å². The summed E-state index contributed by atoms with van der Waals surface area (Å²) < 4.78 is 35.7.